The lowest BCUT2D eigenvalue weighted by Gasteiger charge is -2.15. The molecule has 0 aliphatic heterocycles. The number of nitrogens with zero attached hydrogens (tertiary/aromatic N) is 1. The molecule has 0 saturated carbocycles. The first kappa shape index (κ1) is 15.7. The first-order chi connectivity index (χ1) is 10.7. The Morgan fingerprint density at radius 1 is 1.09 bits per heavy atom. The molecule has 1 atom stereocenters. The van der Waals surface area contributed by atoms with Gasteiger partial charge in [-0.15, -0.1) is 0 Å². The summed E-state index contributed by atoms with van der Waals surface area (Å²) < 4.78 is 0. The van der Waals surface area contributed by atoms with Crippen LogP contribution in [0.1, 0.15) is 28.8 Å². The van der Waals surface area contributed by atoms with Gasteiger partial charge in [0.15, 0.2) is 0 Å². The van der Waals surface area contributed by atoms with Crippen molar-refractivity contribution in [3.8, 4) is 0 Å². The third kappa shape index (κ3) is 4.70. The van der Waals surface area contributed by atoms with Gasteiger partial charge < -0.3 is 11.1 Å². The molecule has 0 aliphatic rings. The van der Waals surface area contributed by atoms with Crippen molar-refractivity contribution in [2.45, 2.75) is 25.3 Å². The standard InChI is InChI=1S/C17H19N3O2/c18-16(21)15(8-4-7-13-5-2-1-3-6-13)20-17(22)14-9-11-19-12-10-14/h1-3,5-6,9-12,15H,4,7-8H2,(H2,18,21)(H,20,22)/t15-/m0/s1. The zero-order chi connectivity index (χ0) is 15.8. The molecule has 0 radical (unpaired) electrons. The number of carbonyl (C=O) groups is 2. The Balaban J connectivity index is 1.87. The number of benzene rings is 1. The van der Waals surface area contributed by atoms with Crippen LogP contribution < -0.4 is 11.1 Å². The molecule has 5 nitrogen and oxygen atoms in total. The van der Waals surface area contributed by atoms with Gasteiger partial charge in [-0.05, 0) is 37.0 Å². The summed E-state index contributed by atoms with van der Waals surface area (Å²) in [5, 5.41) is 2.68. The van der Waals surface area contributed by atoms with Gasteiger partial charge in [-0.1, -0.05) is 30.3 Å². The van der Waals surface area contributed by atoms with Crippen LogP contribution in [-0.2, 0) is 11.2 Å². The topological polar surface area (TPSA) is 85.1 Å². The number of nitrogens with one attached hydrogen (secondary N) is 1. The van der Waals surface area contributed by atoms with E-state index in [2.05, 4.69) is 10.3 Å². The zero-order valence-electron chi connectivity index (χ0n) is 12.2. The van der Waals surface area contributed by atoms with Crippen LogP contribution in [0.25, 0.3) is 0 Å². The van der Waals surface area contributed by atoms with Crippen LogP contribution >= 0.6 is 0 Å². The van der Waals surface area contributed by atoms with Crippen LogP contribution in [0.4, 0.5) is 0 Å². The van der Waals surface area contributed by atoms with Crippen molar-refractivity contribution in [3.05, 3.63) is 66.0 Å². The molecule has 1 heterocycles. The fourth-order valence-corrected chi connectivity index (χ4v) is 2.19. The van der Waals surface area contributed by atoms with Gasteiger partial charge in [0.05, 0.1) is 0 Å². The normalized spacial score (nSPS) is 11.6. The minimum atomic E-state index is -0.663. The Bertz CT molecular complexity index is 614. The number of aromatic nitrogens is 1. The molecule has 1 aromatic carbocycles. The second-order valence-corrected chi connectivity index (χ2v) is 5.04. The quantitative estimate of drug-likeness (QED) is 0.815. The molecule has 2 rings (SSSR count). The van der Waals surface area contributed by atoms with Crippen molar-refractivity contribution in [2.75, 3.05) is 0 Å². The van der Waals surface area contributed by atoms with Gasteiger partial charge >= 0.3 is 0 Å². The van der Waals surface area contributed by atoms with E-state index in [1.54, 1.807) is 12.1 Å². The number of hydrogen-bond donors (Lipinski definition) is 2. The van der Waals surface area contributed by atoms with E-state index in [9.17, 15) is 9.59 Å². The summed E-state index contributed by atoms with van der Waals surface area (Å²) in [6, 6.07) is 12.5. The van der Waals surface area contributed by atoms with Gasteiger partial charge in [-0.25, -0.2) is 0 Å². The summed E-state index contributed by atoms with van der Waals surface area (Å²) in [6.45, 7) is 0. The van der Waals surface area contributed by atoms with Crippen molar-refractivity contribution in [2.24, 2.45) is 5.73 Å². The molecule has 1 aromatic heterocycles. The van der Waals surface area contributed by atoms with Crippen molar-refractivity contribution in [3.63, 3.8) is 0 Å². The predicted molar refractivity (Wildman–Crippen MR) is 84.1 cm³/mol. The summed E-state index contributed by atoms with van der Waals surface area (Å²) in [6.07, 6.45) is 5.19. The number of carbonyl (C=O) groups excluding carboxylic acids is 2. The minimum Gasteiger partial charge on any atom is -0.368 e. The Kier molecular flexibility index (Phi) is 5.65. The Morgan fingerprint density at radius 3 is 2.41 bits per heavy atom. The van der Waals surface area contributed by atoms with Crippen molar-refractivity contribution in [1.29, 1.82) is 0 Å². The molecule has 0 aliphatic carbocycles. The van der Waals surface area contributed by atoms with Crippen LogP contribution in [0.5, 0.6) is 0 Å². The first-order valence-electron chi connectivity index (χ1n) is 7.21. The predicted octanol–water partition coefficient (Wildman–Crippen LogP) is 1.69. The third-order valence-electron chi connectivity index (χ3n) is 3.39. The van der Waals surface area contributed by atoms with Gasteiger partial charge in [0, 0.05) is 18.0 Å². The van der Waals surface area contributed by atoms with E-state index in [1.807, 2.05) is 30.3 Å². The fourth-order valence-electron chi connectivity index (χ4n) is 2.19. The highest BCUT2D eigenvalue weighted by Crippen LogP contribution is 2.07. The maximum absolute atomic E-state index is 12.0. The van der Waals surface area contributed by atoms with Crippen LogP contribution in [0.3, 0.4) is 0 Å². The number of amides is 2. The van der Waals surface area contributed by atoms with Crippen LogP contribution in [0.2, 0.25) is 0 Å². The number of hydrogen-bond acceptors (Lipinski definition) is 3. The number of nitrogens with two attached hydrogens (primary N) is 1. The molecule has 2 amide bonds. The first-order valence-corrected chi connectivity index (χ1v) is 7.21. The minimum absolute atomic E-state index is 0.314. The molecule has 114 valence electrons. The zero-order valence-corrected chi connectivity index (χ0v) is 12.2. The highest BCUT2D eigenvalue weighted by molar-refractivity contribution is 5.97. The maximum Gasteiger partial charge on any atom is 0.252 e. The van der Waals surface area contributed by atoms with Gasteiger partial charge in [0.2, 0.25) is 5.91 Å². The molecule has 0 bridgehead atoms. The molecule has 3 N–H and O–H groups in total. The average molecular weight is 297 g/mol. The Labute approximate surface area is 129 Å². The molecule has 0 spiro atoms. The molecule has 0 fully saturated rings. The van der Waals surface area contributed by atoms with E-state index in [0.29, 0.717) is 12.0 Å². The molecule has 5 heteroatoms. The summed E-state index contributed by atoms with van der Waals surface area (Å²) >= 11 is 0. The summed E-state index contributed by atoms with van der Waals surface area (Å²) in [5.74, 6) is -0.832. The maximum atomic E-state index is 12.0. The van der Waals surface area contributed by atoms with E-state index in [1.165, 1.54) is 18.0 Å². The second kappa shape index (κ2) is 7.93. The fraction of sp³-hybridized carbons (Fsp3) is 0.235. The van der Waals surface area contributed by atoms with Gasteiger partial charge in [-0.3, -0.25) is 14.6 Å². The van der Waals surface area contributed by atoms with Crippen LogP contribution in [-0.4, -0.2) is 22.8 Å². The summed E-state index contributed by atoms with van der Waals surface area (Å²) in [4.78, 5) is 27.4. The summed E-state index contributed by atoms with van der Waals surface area (Å²) in [5.41, 5.74) is 7.04. The van der Waals surface area contributed by atoms with Crippen molar-refractivity contribution in [1.82, 2.24) is 10.3 Å². The average Bonchev–Trinajstić information content (AvgIpc) is 2.55. The number of rotatable bonds is 7. The monoisotopic (exact) mass is 297 g/mol. The highest BCUT2D eigenvalue weighted by atomic mass is 16.2. The van der Waals surface area contributed by atoms with Crippen LogP contribution in [0, 0.1) is 0 Å². The summed E-state index contributed by atoms with van der Waals surface area (Å²) in [7, 11) is 0. The Hall–Kier alpha value is -2.69. The van der Waals surface area contributed by atoms with Gasteiger partial charge in [0.1, 0.15) is 6.04 Å². The number of aryl methyl sites for hydroxylation is 1. The van der Waals surface area contributed by atoms with E-state index in [4.69, 9.17) is 5.73 Å². The molecular weight excluding hydrogens is 278 g/mol. The smallest absolute Gasteiger partial charge is 0.252 e. The lowest BCUT2D eigenvalue weighted by Crippen LogP contribution is -2.44. The lowest BCUT2D eigenvalue weighted by molar-refractivity contribution is -0.120. The van der Waals surface area contributed by atoms with E-state index >= 15 is 0 Å². The number of primary amides is 1. The highest BCUT2D eigenvalue weighted by Gasteiger charge is 2.18. The van der Waals surface area contributed by atoms with Crippen molar-refractivity contribution >= 4 is 11.8 Å². The van der Waals surface area contributed by atoms with E-state index in [-0.39, 0.29) is 5.91 Å². The lowest BCUT2D eigenvalue weighted by atomic mass is 10.0. The largest absolute Gasteiger partial charge is 0.368 e. The SMILES string of the molecule is NC(=O)[C@H](CCCc1ccccc1)NC(=O)c1ccncc1. The van der Waals surface area contributed by atoms with E-state index in [0.717, 1.165) is 12.8 Å². The van der Waals surface area contributed by atoms with Crippen LogP contribution in [0.15, 0.2) is 54.9 Å². The molecule has 0 saturated heterocycles. The third-order valence-corrected chi connectivity index (χ3v) is 3.39. The second-order valence-electron chi connectivity index (χ2n) is 5.04. The molecular formula is C17H19N3O2. The van der Waals surface area contributed by atoms with Gasteiger partial charge in [0.25, 0.3) is 5.91 Å². The molecule has 0 unspecified atom stereocenters. The molecule has 2 aromatic rings. The van der Waals surface area contributed by atoms with E-state index < -0.39 is 11.9 Å². The Morgan fingerprint density at radius 2 is 1.77 bits per heavy atom. The van der Waals surface area contributed by atoms with Gasteiger partial charge in [-0.2, -0.15) is 0 Å². The number of pyridine rings is 1. The molecule has 22 heavy (non-hydrogen) atoms. The van der Waals surface area contributed by atoms with Crippen molar-refractivity contribution < 1.29 is 9.59 Å².